The van der Waals surface area contributed by atoms with Crippen LogP contribution >= 0.6 is 11.3 Å². The summed E-state index contributed by atoms with van der Waals surface area (Å²) in [6.07, 6.45) is 2.83. The predicted octanol–water partition coefficient (Wildman–Crippen LogP) is 3.32. The Labute approximate surface area is 142 Å². The van der Waals surface area contributed by atoms with Crippen LogP contribution in [0.15, 0.2) is 35.7 Å². The maximum Gasteiger partial charge on any atom is 0.270 e. The van der Waals surface area contributed by atoms with E-state index in [0.29, 0.717) is 17.4 Å². The minimum absolute atomic E-state index is 0.102. The molecule has 0 spiro atoms. The molecular formula is C16H15N3O4S. The molecule has 0 radical (unpaired) electrons. The van der Waals surface area contributed by atoms with Gasteiger partial charge in [-0.05, 0) is 19.1 Å². The Morgan fingerprint density at radius 3 is 2.79 bits per heavy atom. The number of ketones is 1. The minimum Gasteiger partial charge on any atom is -0.289 e. The maximum atomic E-state index is 12.1. The van der Waals surface area contributed by atoms with Crippen LogP contribution in [0, 0.1) is 10.1 Å². The van der Waals surface area contributed by atoms with Crippen LogP contribution in [0.25, 0.3) is 6.08 Å². The highest BCUT2D eigenvalue weighted by atomic mass is 32.1. The van der Waals surface area contributed by atoms with Crippen molar-refractivity contribution in [1.82, 2.24) is 4.98 Å². The number of nitro benzene ring substituents is 1. The molecule has 1 aromatic carbocycles. The van der Waals surface area contributed by atoms with E-state index in [1.54, 1.807) is 5.38 Å². The standard InChI is InChI=1S/C16H15N3O4S/c1-3-18(11(2)20)16-17-13(10-24-16)7-8-15(21)12-5-4-6-14(9-12)19(22)23/h4-10H,3H2,1-2H3/b8-7+. The second kappa shape index (κ2) is 7.60. The fourth-order valence-corrected chi connectivity index (χ4v) is 2.90. The number of non-ortho nitro benzene ring substituents is 1. The van der Waals surface area contributed by atoms with Gasteiger partial charge >= 0.3 is 0 Å². The lowest BCUT2D eigenvalue weighted by molar-refractivity contribution is -0.384. The van der Waals surface area contributed by atoms with Gasteiger partial charge in [-0.25, -0.2) is 4.98 Å². The van der Waals surface area contributed by atoms with Crippen LogP contribution in [-0.2, 0) is 4.79 Å². The molecule has 0 fully saturated rings. The molecule has 1 heterocycles. The van der Waals surface area contributed by atoms with Crippen molar-refractivity contribution in [2.24, 2.45) is 0 Å². The zero-order valence-electron chi connectivity index (χ0n) is 13.1. The minimum atomic E-state index is -0.547. The summed E-state index contributed by atoms with van der Waals surface area (Å²) in [6.45, 7) is 3.83. The number of nitrogens with zero attached hydrogens (tertiary/aromatic N) is 3. The molecule has 0 bridgehead atoms. The van der Waals surface area contributed by atoms with Gasteiger partial charge in [-0.2, -0.15) is 0 Å². The van der Waals surface area contributed by atoms with E-state index in [2.05, 4.69) is 4.98 Å². The molecule has 7 nitrogen and oxygen atoms in total. The lowest BCUT2D eigenvalue weighted by atomic mass is 10.1. The molecular weight excluding hydrogens is 330 g/mol. The van der Waals surface area contributed by atoms with Gasteiger partial charge in [0.25, 0.3) is 5.69 Å². The van der Waals surface area contributed by atoms with Crippen LogP contribution in [-0.4, -0.2) is 28.1 Å². The van der Waals surface area contributed by atoms with E-state index in [0.717, 1.165) is 0 Å². The normalized spacial score (nSPS) is 10.8. The van der Waals surface area contributed by atoms with E-state index >= 15 is 0 Å². The highest BCUT2D eigenvalue weighted by Crippen LogP contribution is 2.21. The fourth-order valence-electron chi connectivity index (χ4n) is 2.00. The van der Waals surface area contributed by atoms with Gasteiger partial charge in [0.05, 0.1) is 10.6 Å². The average Bonchev–Trinajstić information content (AvgIpc) is 3.01. The van der Waals surface area contributed by atoms with Gasteiger partial charge in [0.15, 0.2) is 10.9 Å². The van der Waals surface area contributed by atoms with Gasteiger partial charge in [0.1, 0.15) is 0 Å². The quantitative estimate of drug-likeness (QED) is 0.346. The van der Waals surface area contributed by atoms with Gasteiger partial charge in [-0.1, -0.05) is 12.1 Å². The van der Waals surface area contributed by atoms with Gasteiger partial charge < -0.3 is 0 Å². The number of rotatable bonds is 6. The third-order valence-electron chi connectivity index (χ3n) is 3.18. The van der Waals surface area contributed by atoms with Crippen molar-refractivity contribution < 1.29 is 14.5 Å². The second-order valence-electron chi connectivity index (χ2n) is 4.82. The first-order chi connectivity index (χ1) is 11.4. The SMILES string of the molecule is CCN(C(C)=O)c1nc(/C=C/C(=O)c2cccc([N+](=O)[O-])c2)cs1. The molecule has 0 N–H and O–H groups in total. The number of carbonyl (C=O) groups is 2. The molecule has 2 aromatic rings. The number of amides is 1. The van der Waals surface area contributed by atoms with Crippen molar-refractivity contribution >= 4 is 39.9 Å². The highest BCUT2D eigenvalue weighted by Gasteiger charge is 2.13. The molecule has 0 saturated heterocycles. The number of hydrogen-bond acceptors (Lipinski definition) is 6. The van der Waals surface area contributed by atoms with Gasteiger partial charge in [-0.15, -0.1) is 11.3 Å². The molecule has 2 rings (SSSR count). The summed E-state index contributed by atoms with van der Waals surface area (Å²) in [6, 6.07) is 5.54. The van der Waals surface area contributed by atoms with Crippen LogP contribution in [0.1, 0.15) is 29.9 Å². The Balaban J connectivity index is 2.15. The number of thiazole rings is 1. The van der Waals surface area contributed by atoms with Crippen LogP contribution < -0.4 is 4.90 Å². The Morgan fingerprint density at radius 1 is 1.42 bits per heavy atom. The summed E-state index contributed by atoms with van der Waals surface area (Å²) in [5.74, 6) is -0.456. The first kappa shape index (κ1) is 17.5. The van der Waals surface area contributed by atoms with Crippen LogP contribution in [0.3, 0.4) is 0 Å². The summed E-state index contributed by atoms with van der Waals surface area (Å²) in [7, 11) is 0. The lowest BCUT2D eigenvalue weighted by Gasteiger charge is -2.14. The van der Waals surface area contributed by atoms with Crippen molar-refractivity contribution in [1.29, 1.82) is 0 Å². The molecule has 124 valence electrons. The second-order valence-corrected chi connectivity index (χ2v) is 5.66. The van der Waals surface area contributed by atoms with Gasteiger partial charge in [0, 0.05) is 36.5 Å². The Hall–Kier alpha value is -2.87. The summed E-state index contributed by atoms with van der Waals surface area (Å²) in [5, 5.41) is 13.0. The first-order valence-electron chi connectivity index (χ1n) is 7.13. The molecule has 0 unspecified atom stereocenters. The monoisotopic (exact) mass is 345 g/mol. The van der Waals surface area contributed by atoms with E-state index in [9.17, 15) is 19.7 Å². The van der Waals surface area contributed by atoms with Crippen LogP contribution in [0.4, 0.5) is 10.8 Å². The number of hydrogen-bond donors (Lipinski definition) is 0. The van der Waals surface area contributed by atoms with E-state index in [-0.39, 0.29) is 22.9 Å². The molecule has 24 heavy (non-hydrogen) atoms. The number of nitro groups is 1. The molecule has 1 amide bonds. The van der Waals surface area contributed by atoms with Crippen LogP contribution in [0.2, 0.25) is 0 Å². The first-order valence-corrected chi connectivity index (χ1v) is 8.00. The molecule has 0 atom stereocenters. The largest absolute Gasteiger partial charge is 0.289 e. The third-order valence-corrected chi connectivity index (χ3v) is 4.07. The summed E-state index contributed by atoms with van der Waals surface area (Å²) in [5.41, 5.74) is 0.647. The zero-order valence-corrected chi connectivity index (χ0v) is 13.9. The Morgan fingerprint density at radius 2 is 2.17 bits per heavy atom. The molecule has 0 aliphatic carbocycles. The Bertz CT molecular complexity index is 813. The van der Waals surface area contributed by atoms with Crippen molar-refractivity contribution in [2.45, 2.75) is 13.8 Å². The molecule has 1 aromatic heterocycles. The number of allylic oxidation sites excluding steroid dienone is 1. The van der Waals surface area contributed by atoms with E-state index in [1.165, 1.54) is 59.6 Å². The molecule has 0 saturated carbocycles. The highest BCUT2D eigenvalue weighted by molar-refractivity contribution is 7.14. The number of benzene rings is 1. The summed E-state index contributed by atoms with van der Waals surface area (Å²) in [4.78, 5) is 39.6. The fraction of sp³-hybridized carbons (Fsp3) is 0.188. The summed E-state index contributed by atoms with van der Waals surface area (Å²) >= 11 is 1.31. The van der Waals surface area contributed by atoms with Gasteiger partial charge in [-0.3, -0.25) is 24.6 Å². The lowest BCUT2D eigenvalue weighted by Crippen LogP contribution is -2.27. The molecule has 0 aliphatic heterocycles. The van der Waals surface area contributed by atoms with Crippen molar-refractivity contribution in [3.05, 3.63) is 57.1 Å². The zero-order chi connectivity index (χ0) is 17.7. The number of anilines is 1. The van der Waals surface area contributed by atoms with E-state index < -0.39 is 4.92 Å². The topological polar surface area (TPSA) is 93.4 Å². The van der Waals surface area contributed by atoms with Crippen molar-refractivity contribution in [3.63, 3.8) is 0 Å². The average molecular weight is 345 g/mol. The smallest absolute Gasteiger partial charge is 0.270 e. The van der Waals surface area contributed by atoms with Gasteiger partial charge in [0.2, 0.25) is 5.91 Å². The number of aromatic nitrogens is 1. The van der Waals surface area contributed by atoms with E-state index in [4.69, 9.17) is 0 Å². The maximum absolute atomic E-state index is 12.1. The summed E-state index contributed by atoms with van der Waals surface area (Å²) < 4.78 is 0. The van der Waals surface area contributed by atoms with Crippen molar-refractivity contribution in [3.8, 4) is 0 Å². The Kier molecular flexibility index (Phi) is 5.54. The third kappa shape index (κ3) is 4.11. The molecule has 0 aliphatic rings. The predicted molar refractivity (Wildman–Crippen MR) is 92.3 cm³/mol. The van der Waals surface area contributed by atoms with Crippen LogP contribution in [0.5, 0.6) is 0 Å². The van der Waals surface area contributed by atoms with Crippen molar-refractivity contribution in [2.75, 3.05) is 11.4 Å². The van der Waals surface area contributed by atoms with E-state index in [1.807, 2.05) is 6.92 Å². The molecule has 8 heteroatoms. The number of carbonyl (C=O) groups excluding carboxylic acids is 2.